The second-order valence-electron chi connectivity index (χ2n) is 6.66. The molecule has 0 bridgehead atoms. The first-order valence-electron chi connectivity index (χ1n) is 9.47. The number of fused-ring (bicyclic) bond motifs is 1. The van der Waals surface area contributed by atoms with Crippen LogP contribution in [-0.2, 0) is 4.79 Å². The van der Waals surface area contributed by atoms with E-state index in [9.17, 15) is 4.79 Å². The molecule has 4 aromatic rings. The lowest BCUT2D eigenvalue weighted by molar-refractivity contribution is -0.116. The number of carbonyl (C=O) groups is 1. The molecule has 0 aliphatic rings. The molecule has 0 saturated carbocycles. The zero-order valence-corrected chi connectivity index (χ0v) is 17.1. The van der Waals surface area contributed by atoms with Crippen LogP contribution in [0.1, 0.15) is 12.5 Å². The van der Waals surface area contributed by atoms with Gasteiger partial charge in [-0.3, -0.25) is 4.79 Å². The molecule has 0 aliphatic carbocycles. The number of thioether (sulfide) groups is 1. The molecule has 0 aliphatic heterocycles. The first kappa shape index (κ1) is 19.2. The van der Waals surface area contributed by atoms with Crippen LogP contribution in [0.25, 0.3) is 22.2 Å². The van der Waals surface area contributed by atoms with E-state index in [2.05, 4.69) is 22.3 Å². The zero-order valence-electron chi connectivity index (χ0n) is 16.3. The molecule has 0 fully saturated rings. The largest absolute Gasteiger partial charge is 0.411 e. The molecule has 146 valence electrons. The van der Waals surface area contributed by atoms with E-state index >= 15 is 0 Å². The second kappa shape index (κ2) is 8.49. The SMILES string of the molecule is CCN(C(=O)CSc1nnc(-c2ccc(C)cc2)o1)c1cccc2ccccc12. The van der Waals surface area contributed by atoms with Crippen LogP contribution in [0.5, 0.6) is 0 Å². The van der Waals surface area contributed by atoms with E-state index in [1.54, 1.807) is 4.90 Å². The number of benzene rings is 3. The molecule has 3 aromatic carbocycles. The highest BCUT2D eigenvalue weighted by atomic mass is 32.2. The summed E-state index contributed by atoms with van der Waals surface area (Å²) < 4.78 is 5.72. The summed E-state index contributed by atoms with van der Waals surface area (Å²) in [6.07, 6.45) is 0. The Balaban J connectivity index is 1.48. The third-order valence-electron chi connectivity index (χ3n) is 4.70. The molecule has 0 N–H and O–H groups in total. The van der Waals surface area contributed by atoms with E-state index in [0.717, 1.165) is 22.0 Å². The Kier molecular flexibility index (Phi) is 5.62. The number of hydrogen-bond donors (Lipinski definition) is 0. The number of amides is 1. The summed E-state index contributed by atoms with van der Waals surface area (Å²) >= 11 is 1.26. The van der Waals surface area contributed by atoms with Gasteiger partial charge in [0.15, 0.2) is 0 Å². The Morgan fingerprint density at radius 1 is 1.00 bits per heavy atom. The second-order valence-corrected chi connectivity index (χ2v) is 7.59. The predicted molar refractivity (Wildman–Crippen MR) is 117 cm³/mol. The van der Waals surface area contributed by atoms with Gasteiger partial charge < -0.3 is 9.32 Å². The standard InChI is InChI=1S/C23H21N3O2S/c1-3-26(20-10-6-8-17-7-4-5-9-19(17)20)21(27)15-29-23-25-24-22(28-23)18-13-11-16(2)12-14-18/h4-14H,3,15H2,1-2H3. The molecule has 6 heteroatoms. The smallest absolute Gasteiger partial charge is 0.277 e. The quantitative estimate of drug-likeness (QED) is 0.407. The summed E-state index contributed by atoms with van der Waals surface area (Å²) in [6, 6.07) is 22.0. The first-order valence-corrected chi connectivity index (χ1v) is 10.5. The number of rotatable bonds is 6. The van der Waals surface area contributed by atoms with Crippen LogP contribution >= 0.6 is 11.8 Å². The highest BCUT2D eigenvalue weighted by molar-refractivity contribution is 7.99. The maximum absolute atomic E-state index is 12.9. The van der Waals surface area contributed by atoms with Gasteiger partial charge in [0.25, 0.3) is 5.22 Å². The zero-order chi connectivity index (χ0) is 20.2. The third kappa shape index (κ3) is 4.17. The topological polar surface area (TPSA) is 59.2 Å². The van der Waals surface area contributed by atoms with Crippen molar-refractivity contribution in [1.82, 2.24) is 10.2 Å². The van der Waals surface area contributed by atoms with Crippen LogP contribution < -0.4 is 4.90 Å². The molecule has 0 unspecified atom stereocenters. The van der Waals surface area contributed by atoms with Gasteiger partial charge in [-0.15, -0.1) is 10.2 Å². The van der Waals surface area contributed by atoms with Gasteiger partial charge in [-0.05, 0) is 37.4 Å². The highest BCUT2D eigenvalue weighted by Crippen LogP contribution is 2.28. The Morgan fingerprint density at radius 3 is 2.55 bits per heavy atom. The van der Waals surface area contributed by atoms with Crippen LogP contribution in [0.4, 0.5) is 5.69 Å². The van der Waals surface area contributed by atoms with Gasteiger partial charge in [-0.2, -0.15) is 0 Å². The van der Waals surface area contributed by atoms with E-state index in [1.807, 2.05) is 68.4 Å². The molecular formula is C23H21N3O2S. The van der Waals surface area contributed by atoms with Crippen molar-refractivity contribution < 1.29 is 9.21 Å². The molecule has 29 heavy (non-hydrogen) atoms. The molecule has 0 saturated heterocycles. The summed E-state index contributed by atoms with van der Waals surface area (Å²) in [6.45, 7) is 4.60. The number of aromatic nitrogens is 2. The van der Waals surface area contributed by atoms with E-state index in [4.69, 9.17) is 4.42 Å². The van der Waals surface area contributed by atoms with Crippen molar-refractivity contribution in [2.24, 2.45) is 0 Å². The van der Waals surface area contributed by atoms with Gasteiger partial charge >= 0.3 is 0 Å². The average molecular weight is 404 g/mol. The predicted octanol–water partition coefficient (Wildman–Crippen LogP) is 5.34. The maximum Gasteiger partial charge on any atom is 0.277 e. The Labute approximate surface area is 173 Å². The normalized spacial score (nSPS) is 11.0. The van der Waals surface area contributed by atoms with Crippen LogP contribution in [0.3, 0.4) is 0 Å². The number of carbonyl (C=O) groups excluding carboxylic acids is 1. The molecular weight excluding hydrogens is 382 g/mol. The number of anilines is 1. The third-order valence-corrected chi connectivity index (χ3v) is 5.50. The minimum atomic E-state index is 0.00365. The van der Waals surface area contributed by atoms with Crippen molar-refractivity contribution in [3.05, 3.63) is 72.3 Å². The Morgan fingerprint density at radius 2 is 1.76 bits per heavy atom. The van der Waals surface area contributed by atoms with Crippen molar-refractivity contribution >= 4 is 34.1 Å². The summed E-state index contributed by atoms with van der Waals surface area (Å²) in [7, 11) is 0. The van der Waals surface area contributed by atoms with Gasteiger partial charge in [-0.25, -0.2) is 0 Å². The number of hydrogen-bond acceptors (Lipinski definition) is 5. The van der Waals surface area contributed by atoms with Crippen LogP contribution in [0.15, 0.2) is 76.4 Å². The summed E-state index contributed by atoms with van der Waals surface area (Å²) in [4.78, 5) is 14.7. The lowest BCUT2D eigenvalue weighted by atomic mass is 10.1. The van der Waals surface area contributed by atoms with E-state index in [-0.39, 0.29) is 11.7 Å². The molecule has 1 heterocycles. The van der Waals surface area contributed by atoms with Crippen molar-refractivity contribution in [3.8, 4) is 11.5 Å². The number of aryl methyl sites for hydroxylation is 1. The van der Waals surface area contributed by atoms with E-state index < -0.39 is 0 Å². The minimum absolute atomic E-state index is 0.00365. The maximum atomic E-state index is 12.9. The molecule has 1 amide bonds. The molecule has 5 nitrogen and oxygen atoms in total. The Hall–Kier alpha value is -3.12. The van der Waals surface area contributed by atoms with Crippen LogP contribution in [-0.4, -0.2) is 28.4 Å². The monoisotopic (exact) mass is 403 g/mol. The van der Waals surface area contributed by atoms with Gasteiger partial charge in [0.1, 0.15) is 0 Å². The lowest BCUT2D eigenvalue weighted by Crippen LogP contribution is -2.32. The minimum Gasteiger partial charge on any atom is -0.411 e. The van der Waals surface area contributed by atoms with Crippen LogP contribution in [0.2, 0.25) is 0 Å². The van der Waals surface area contributed by atoms with Gasteiger partial charge in [-0.1, -0.05) is 65.9 Å². The highest BCUT2D eigenvalue weighted by Gasteiger charge is 2.18. The summed E-state index contributed by atoms with van der Waals surface area (Å²) in [5.74, 6) is 0.692. The fourth-order valence-electron chi connectivity index (χ4n) is 3.21. The molecule has 1 aromatic heterocycles. The van der Waals surface area contributed by atoms with Gasteiger partial charge in [0, 0.05) is 17.5 Å². The van der Waals surface area contributed by atoms with Crippen LogP contribution in [0, 0.1) is 6.92 Å². The summed E-state index contributed by atoms with van der Waals surface area (Å²) in [5.41, 5.74) is 2.95. The molecule has 4 rings (SSSR count). The fourth-order valence-corrected chi connectivity index (χ4v) is 3.85. The molecule has 0 spiro atoms. The molecule has 0 atom stereocenters. The fraction of sp³-hybridized carbons (Fsp3) is 0.174. The van der Waals surface area contributed by atoms with Gasteiger partial charge in [0.05, 0.1) is 11.4 Å². The van der Waals surface area contributed by atoms with Crippen molar-refractivity contribution in [2.75, 3.05) is 17.2 Å². The average Bonchev–Trinajstić information content (AvgIpc) is 3.22. The lowest BCUT2D eigenvalue weighted by Gasteiger charge is -2.22. The van der Waals surface area contributed by atoms with E-state index in [1.165, 1.54) is 17.3 Å². The molecule has 0 radical (unpaired) electrons. The van der Waals surface area contributed by atoms with Crippen molar-refractivity contribution in [2.45, 2.75) is 19.1 Å². The Bertz CT molecular complexity index is 1130. The summed E-state index contributed by atoms with van der Waals surface area (Å²) in [5, 5.41) is 10.7. The first-order chi connectivity index (χ1) is 14.2. The van der Waals surface area contributed by atoms with Crippen molar-refractivity contribution in [1.29, 1.82) is 0 Å². The van der Waals surface area contributed by atoms with E-state index in [0.29, 0.717) is 17.7 Å². The van der Waals surface area contributed by atoms with Crippen molar-refractivity contribution in [3.63, 3.8) is 0 Å². The number of nitrogens with zero attached hydrogens (tertiary/aromatic N) is 3. The van der Waals surface area contributed by atoms with Gasteiger partial charge in [0.2, 0.25) is 11.8 Å².